The molecule has 0 amide bonds. The Labute approximate surface area is 133 Å². The molecule has 0 aliphatic rings. The average molecular weight is 347 g/mol. The van der Waals surface area contributed by atoms with Gasteiger partial charge >= 0.3 is 0 Å². The largest absolute Gasteiger partial charge is 0.457 e. The summed E-state index contributed by atoms with van der Waals surface area (Å²) in [6.07, 6.45) is 0. The van der Waals surface area contributed by atoms with Gasteiger partial charge < -0.3 is 10.5 Å². The van der Waals surface area contributed by atoms with E-state index in [0.717, 1.165) is 32.7 Å². The Balaban J connectivity index is 2.34. The first-order valence-electron chi connectivity index (χ1n) is 6.81. The summed E-state index contributed by atoms with van der Waals surface area (Å²) in [7, 11) is 0. The molecular weight excluding hydrogens is 328 g/mol. The molecule has 0 unspecified atom stereocenters. The number of nitrogen functional groups attached to an aromatic ring is 1. The molecule has 2 rings (SSSR count). The molecule has 2 aromatic rings. The molecule has 4 heteroatoms. The minimum Gasteiger partial charge on any atom is -0.457 e. The minimum atomic E-state index is 0.0746. The molecule has 21 heavy (non-hydrogen) atoms. The van der Waals surface area contributed by atoms with Gasteiger partial charge in [0.25, 0.3) is 0 Å². The van der Waals surface area contributed by atoms with Crippen LogP contribution in [0.3, 0.4) is 0 Å². The maximum Gasteiger partial charge on any atom is 0.130 e. The van der Waals surface area contributed by atoms with E-state index < -0.39 is 0 Å². The zero-order valence-electron chi connectivity index (χ0n) is 12.4. The first-order chi connectivity index (χ1) is 9.88. The van der Waals surface area contributed by atoms with Gasteiger partial charge in [-0.25, -0.2) is 0 Å². The number of rotatable bonds is 4. The predicted molar refractivity (Wildman–Crippen MR) is 90.5 cm³/mol. The van der Waals surface area contributed by atoms with Crippen LogP contribution >= 0.6 is 15.9 Å². The predicted octanol–water partition coefficient (Wildman–Crippen LogP) is 4.96. The number of hydrogen-bond donors (Lipinski definition) is 2. The Morgan fingerprint density at radius 2 is 1.90 bits per heavy atom. The lowest BCUT2D eigenvalue weighted by molar-refractivity contribution is 0.472. The van der Waals surface area contributed by atoms with Crippen molar-refractivity contribution in [2.45, 2.75) is 26.7 Å². The van der Waals surface area contributed by atoms with Crippen LogP contribution in [0.25, 0.3) is 0 Å². The second kappa shape index (κ2) is 6.31. The summed E-state index contributed by atoms with van der Waals surface area (Å²) >= 11 is 3.49. The molecule has 110 valence electrons. The molecule has 0 heterocycles. The molecule has 0 bridgehead atoms. The van der Waals surface area contributed by atoms with Crippen LogP contribution in [-0.2, 0) is 0 Å². The number of nitrogens with one attached hydrogen (secondary N) is 1. The Morgan fingerprint density at radius 1 is 1.19 bits per heavy atom. The third-order valence-electron chi connectivity index (χ3n) is 3.31. The second-order valence-corrected chi connectivity index (χ2v) is 6.24. The number of aryl methyl sites for hydroxylation is 1. The zero-order valence-corrected chi connectivity index (χ0v) is 14.0. The molecular formula is C17H19BrN2O. The first-order valence-corrected chi connectivity index (χ1v) is 7.60. The van der Waals surface area contributed by atoms with Crippen LogP contribution in [0.1, 0.15) is 36.5 Å². The Kier molecular flexibility index (Phi) is 4.68. The molecule has 3 nitrogen and oxygen atoms in total. The number of halogens is 1. The maximum atomic E-state index is 7.51. The number of hydrogen-bond acceptors (Lipinski definition) is 2. The van der Waals surface area contributed by atoms with Gasteiger partial charge in [-0.2, -0.15) is 0 Å². The highest BCUT2D eigenvalue weighted by atomic mass is 79.9. The summed E-state index contributed by atoms with van der Waals surface area (Å²) in [5, 5.41) is 7.51. The monoisotopic (exact) mass is 346 g/mol. The van der Waals surface area contributed by atoms with E-state index in [1.54, 1.807) is 0 Å². The molecule has 0 saturated heterocycles. The van der Waals surface area contributed by atoms with Gasteiger partial charge in [-0.15, -0.1) is 0 Å². The van der Waals surface area contributed by atoms with Crippen LogP contribution in [-0.4, -0.2) is 5.84 Å². The van der Waals surface area contributed by atoms with Crippen molar-refractivity contribution in [2.75, 3.05) is 0 Å². The molecule has 0 aromatic heterocycles. The van der Waals surface area contributed by atoms with Crippen molar-refractivity contribution in [3.63, 3.8) is 0 Å². The van der Waals surface area contributed by atoms with Gasteiger partial charge in [-0.05, 0) is 60.4 Å². The summed E-state index contributed by atoms with van der Waals surface area (Å²) in [5.41, 5.74) is 8.36. The molecule has 0 fully saturated rings. The lowest BCUT2D eigenvalue weighted by atomic mass is 10.0. The maximum absolute atomic E-state index is 7.51. The third-order valence-corrected chi connectivity index (χ3v) is 3.80. The van der Waals surface area contributed by atoms with E-state index >= 15 is 0 Å². The van der Waals surface area contributed by atoms with Gasteiger partial charge in [0.2, 0.25) is 0 Å². The first kappa shape index (κ1) is 15.6. The van der Waals surface area contributed by atoms with E-state index in [4.69, 9.17) is 15.9 Å². The highest BCUT2D eigenvalue weighted by molar-refractivity contribution is 9.10. The summed E-state index contributed by atoms with van der Waals surface area (Å²) in [6, 6.07) is 11.6. The lowest BCUT2D eigenvalue weighted by Crippen LogP contribution is -2.12. The molecule has 0 atom stereocenters. The van der Waals surface area contributed by atoms with Gasteiger partial charge in [0.05, 0.1) is 0 Å². The number of nitrogens with two attached hydrogens (primary N) is 1. The minimum absolute atomic E-state index is 0.0746. The summed E-state index contributed by atoms with van der Waals surface area (Å²) < 4.78 is 7.05. The molecule has 2 aromatic carbocycles. The molecule has 0 radical (unpaired) electrons. The van der Waals surface area contributed by atoms with Crippen LogP contribution in [0.15, 0.2) is 40.9 Å². The molecule has 0 saturated carbocycles. The topological polar surface area (TPSA) is 59.1 Å². The summed E-state index contributed by atoms with van der Waals surface area (Å²) in [6.45, 7) is 6.20. The fourth-order valence-electron chi connectivity index (χ4n) is 2.19. The van der Waals surface area contributed by atoms with Crippen molar-refractivity contribution >= 4 is 21.8 Å². The van der Waals surface area contributed by atoms with Crippen LogP contribution in [0.4, 0.5) is 0 Å². The zero-order chi connectivity index (χ0) is 15.6. The number of amidine groups is 1. The molecule has 0 spiro atoms. The summed E-state index contributed by atoms with van der Waals surface area (Å²) in [4.78, 5) is 0. The van der Waals surface area contributed by atoms with Crippen LogP contribution in [0.5, 0.6) is 11.5 Å². The summed E-state index contributed by atoms with van der Waals surface area (Å²) in [5.74, 6) is 2.05. The quantitative estimate of drug-likeness (QED) is 0.607. The fraction of sp³-hybridized carbons (Fsp3) is 0.235. The number of benzene rings is 2. The van der Waals surface area contributed by atoms with Crippen molar-refractivity contribution < 1.29 is 4.74 Å². The van der Waals surface area contributed by atoms with E-state index in [1.165, 1.54) is 0 Å². The van der Waals surface area contributed by atoms with E-state index in [0.29, 0.717) is 5.92 Å². The third kappa shape index (κ3) is 3.64. The Morgan fingerprint density at radius 3 is 2.48 bits per heavy atom. The van der Waals surface area contributed by atoms with Crippen molar-refractivity contribution in [2.24, 2.45) is 5.73 Å². The molecule has 0 aliphatic heterocycles. The van der Waals surface area contributed by atoms with Gasteiger partial charge in [-0.1, -0.05) is 29.8 Å². The van der Waals surface area contributed by atoms with Gasteiger partial charge in [0.15, 0.2) is 0 Å². The van der Waals surface area contributed by atoms with Crippen molar-refractivity contribution in [1.29, 1.82) is 5.41 Å². The van der Waals surface area contributed by atoms with E-state index in [9.17, 15) is 0 Å². The van der Waals surface area contributed by atoms with Crippen LogP contribution < -0.4 is 10.5 Å². The van der Waals surface area contributed by atoms with E-state index in [2.05, 4.69) is 35.8 Å². The van der Waals surface area contributed by atoms with Gasteiger partial charge in [0.1, 0.15) is 17.3 Å². The van der Waals surface area contributed by atoms with E-state index in [-0.39, 0.29) is 5.84 Å². The Hall–Kier alpha value is -1.81. The highest BCUT2D eigenvalue weighted by Gasteiger charge is 2.10. The highest BCUT2D eigenvalue weighted by Crippen LogP contribution is 2.33. The second-order valence-electron chi connectivity index (χ2n) is 5.33. The Bertz CT molecular complexity index is 680. The van der Waals surface area contributed by atoms with Gasteiger partial charge in [-0.3, -0.25) is 5.41 Å². The van der Waals surface area contributed by atoms with Crippen molar-refractivity contribution in [3.05, 3.63) is 57.6 Å². The number of ether oxygens (including phenoxy) is 1. The smallest absolute Gasteiger partial charge is 0.130 e. The van der Waals surface area contributed by atoms with E-state index in [1.807, 2.05) is 37.3 Å². The van der Waals surface area contributed by atoms with Gasteiger partial charge in [0, 0.05) is 10.0 Å². The van der Waals surface area contributed by atoms with Crippen molar-refractivity contribution in [3.8, 4) is 11.5 Å². The average Bonchev–Trinajstić information content (AvgIpc) is 2.40. The van der Waals surface area contributed by atoms with Crippen LogP contribution in [0.2, 0.25) is 0 Å². The standard InChI is InChI=1S/C17H19BrN2O/c1-10(2)15-9-12(18)4-7-16(15)21-13-5-6-14(17(19)20)11(3)8-13/h4-10H,1-3H3,(H3,19,20). The van der Waals surface area contributed by atoms with Crippen molar-refractivity contribution in [1.82, 2.24) is 0 Å². The van der Waals surface area contributed by atoms with Crippen LogP contribution in [0, 0.1) is 12.3 Å². The fourth-order valence-corrected chi connectivity index (χ4v) is 2.57. The molecule has 0 aliphatic carbocycles. The normalized spacial score (nSPS) is 10.7. The SMILES string of the molecule is Cc1cc(Oc2ccc(Br)cc2C(C)C)ccc1C(=N)N. The molecule has 3 N–H and O–H groups in total. The lowest BCUT2D eigenvalue weighted by Gasteiger charge is -2.15.